The highest BCUT2D eigenvalue weighted by molar-refractivity contribution is 5.76. The van der Waals surface area contributed by atoms with E-state index in [1.807, 2.05) is 0 Å². The number of amides is 3. The normalized spacial score (nSPS) is 16.0. The van der Waals surface area contributed by atoms with Crippen molar-refractivity contribution in [3.63, 3.8) is 0 Å². The summed E-state index contributed by atoms with van der Waals surface area (Å²) in [5.41, 5.74) is 0. The number of urea groups is 1. The molecule has 0 saturated carbocycles. The number of benzene rings is 1. The number of carbonyl (C=O) groups is 2. The van der Waals surface area contributed by atoms with Crippen molar-refractivity contribution in [1.29, 1.82) is 0 Å². The molecule has 0 atom stereocenters. The van der Waals surface area contributed by atoms with Crippen LogP contribution in [0, 0.1) is 0 Å². The summed E-state index contributed by atoms with van der Waals surface area (Å²) in [6.07, 6.45) is 0. The molecule has 3 amide bonds. The van der Waals surface area contributed by atoms with Crippen LogP contribution in [0.3, 0.4) is 0 Å². The van der Waals surface area contributed by atoms with Crippen LogP contribution in [0.5, 0.6) is 17.2 Å². The van der Waals surface area contributed by atoms with Crippen LogP contribution in [0.1, 0.15) is 6.92 Å². The van der Waals surface area contributed by atoms with E-state index < -0.39 is 0 Å². The predicted octanol–water partition coefficient (Wildman–Crippen LogP) is 0.668. The molecule has 2 heterocycles. The van der Waals surface area contributed by atoms with Crippen molar-refractivity contribution in [2.45, 2.75) is 6.92 Å². The van der Waals surface area contributed by atoms with Crippen LogP contribution in [0.15, 0.2) is 18.2 Å². The van der Waals surface area contributed by atoms with Crippen molar-refractivity contribution in [2.75, 3.05) is 46.1 Å². The quantitative estimate of drug-likeness (QED) is 0.818. The summed E-state index contributed by atoms with van der Waals surface area (Å²) in [5.74, 6) is 2.09. The Kier molecular flexibility index (Phi) is 4.93. The molecule has 1 N–H and O–H groups in total. The van der Waals surface area contributed by atoms with Gasteiger partial charge in [-0.3, -0.25) is 4.79 Å². The predicted molar refractivity (Wildman–Crippen MR) is 85.3 cm³/mol. The fraction of sp³-hybridized carbons (Fsp3) is 0.500. The van der Waals surface area contributed by atoms with Crippen molar-refractivity contribution in [1.82, 2.24) is 15.1 Å². The molecule has 0 spiro atoms. The maximum Gasteiger partial charge on any atom is 0.317 e. The number of piperazine rings is 1. The Morgan fingerprint density at radius 2 is 1.83 bits per heavy atom. The van der Waals surface area contributed by atoms with Crippen molar-refractivity contribution < 1.29 is 23.8 Å². The maximum atomic E-state index is 12.1. The number of ether oxygens (including phenoxy) is 3. The zero-order valence-electron chi connectivity index (χ0n) is 13.6. The summed E-state index contributed by atoms with van der Waals surface area (Å²) in [5, 5.41) is 2.82. The van der Waals surface area contributed by atoms with Gasteiger partial charge in [-0.25, -0.2) is 4.79 Å². The van der Waals surface area contributed by atoms with Gasteiger partial charge in [-0.1, -0.05) is 0 Å². The van der Waals surface area contributed by atoms with E-state index in [2.05, 4.69) is 5.32 Å². The zero-order chi connectivity index (χ0) is 16.9. The molecule has 0 aliphatic carbocycles. The number of hydrogen-bond acceptors (Lipinski definition) is 5. The van der Waals surface area contributed by atoms with Crippen LogP contribution in [0.4, 0.5) is 4.79 Å². The number of rotatable bonds is 4. The summed E-state index contributed by atoms with van der Waals surface area (Å²) in [7, 11) is 0. The van der Waals surface area contributed by atoms with Gasteiger partial charge in [0.2, 0.25) is 12.7 Å². The first-order valence-electron chi connectivity index (χ1n) is 7.94. The fourth-order valence-corrected chi connectivity index (χ4v) is 2.63. The van der Waals surface area contributed by atoms with E-state index >= 15 is 0 Å². The van der Waals surface area contributed by atoms with E-state index in [1.165, 1.54) is 0 Å². The van der Waals surface area contributed by atoms with Gasteiger partial charge in [-0.15, -0.1) is 0 Å². The molecule has 0 radical (unpaired) electrons. The SMILES string of the molecule is CC(=O)N1CCN(C(=O)NCCOc2ccc3c(c2)OCO3)CC1. The minimum absolute atomic E-state index is 0.0483. The van der Waals surface area contributed by atoms with E-state index in [0.717, 1.165) is 0 Å². The molecule has 1 aromatic rings. The number of nitrogens with one attached hydrogen (secondary N) is 1. The molecule has 1 saturated heterocycles. The highest BCUT2D eigenvalue weighted by atomic mass is 16.7. The standard InChI is InChI=1S/C16H21N3O5/c1-12(20)18-5-7-19(8-6-18)16(21)17-4-9-22-13-2-3-14-15(10-13)24-11-23-14/h2-3,10H,4-9,11H2,1H3,(H,17,21). The molecule has 8 heteroatoms. The molecule has 1 fully saturated rings. The minimum Gasteiger partial charge on any atom is -0.492 e. The second kappa shape index (κ2) is 7.29. The first-order chi connectivity index (χ1) is 11.6. The van der Waals surface area contributed by atoms with E-state index in [4.69, 9.17) is 14.2 Å². The van der Waals surface area contributed by atoms with Gasteiger partial charge in [-0.2, -0.15) is 0 Å². The van der Waals surface area contributed by atoms with E-state index in [9.17, 15) is 9.59 Å². The van der Waals surface area contributed by atoms with Gasteiger partial charge < -0.3 is 29.3 Å². The lowest BCUT2D eigenvalue weighted by Crippen LogP contribution is -2.53. The third-order valence-electron chi connectivity index (χ3n) is 4.00. The van der Waals surface area contributed by atoms with Crippen LogP contribution in [-0.4, -0.2) is 67.9 Å². The third kappa shape index (κ3) is 3.81. The Hall–Kier alpha value is -2.64. The van der Waals surface area contributed by atoms with Gasteiger partial charge in [0, 0.05) is 39.2 Å². The van der Waals surface area contributed by atoms with Gasteiger partial charge in [0.15, 0.2) is 11.5 Å². The number of carbonyl (C=O) groups excluding carboxylic acids is 2. The van der Waals surface area contributed by atoms with Crippen molar-refractivity contribution in [3.05, 3.63) is 18.2 Å². The zero-order valence-corrected chi connectivity index (χ0v) is 13.6. The van der Waals surface area contributed by atoms with Crippen molar-refractivity contribution in [3.8, 4) is 17.2 Å². The van der Waals surface area contributed by atoms with Crippen LogP contribution >= 0.6 is 0 Å². The number of fused-ring (bicyclic) bond motifs is 1. The molecule has 8 nitrogen and oxygen atoms in total. The number of hydrogen-bond donors (Lipinski definition) is 1. The van der Waals surface area contributed by atoms with Gasteiger partial charge >= 0.3 is 6.03 Å². The topological polar surface area (TPSA) is 80.3 Å². The summed E-state index contributed by atoms with van der Waals surface area (Å²) >= 11 is 0. The largest absolute Gasteiger partial charge is 0.492 e. The molecular weight excluding hydrogens is 314 g/mol. The highest BCUT2D eigenvalue weighted by Gasteiger charge is 2.21. The van der Waals surface area contributed by atoms with Gasteiger partial charge in [0.1, 0.15) is 12.4 Å². The minimum atomic E-state index is -0.132. The summed E-state index contributed by atoms with van der Waals surface area (Å²) in [6, 6.07) is 5.24. The lowest BCUT2D eigenvalue weighted by molar-refractivity contribution is -0.130. The summed E-state index contributed by atoms with van der Waals surface area (Å²) in [4.78, 5) is 26.8. The maximum absolute atomic E-state index is 12.1. The van der Waals surface area contributed by atoms with Crippen LogP contribution in [0.25, 0.3) is 0 Å². The second-order valence-corrected chi connectivity index (χ2v) is 5.59. The van der Waals surface area contributed by atoms with Gasteiger partial charge in [0.25, 0.3) is 0 Å². The third-order valence-corrected chi connectivity index (χ3v) is 4.00. The molecule has 0 bridgehead atoms. The molecule has 130 valence electrons. The average molecular weight is 335 g/mol. The van der Waals surface area contributed by atoms with Crippen molar-refractivity contribution >= 4 is 11.9 Å². The first-order valence-corrected chi connectivity index (χ1v) is 7.94. The Bertz CT molecular complexity index is 614. The molecule has 2 aliphatic rings. The Balaban J connectivity index is 1.36. The highest BCUT2D eigenvalue weighted by Crippen LogP contribution is 2.34. The van der Waals surface area contributed by atoms with Gasteiger partial charge in [-0.05, 0) is 12.1 Å². The molecular formula is C16H21N3O5. The van der Waals surface area contributed by atoms with E-state index in [-0.39, 0.29) is 18.7 Å². The molecule has 24 heavy (non-hydrogen) atoms. The summed E-state index contributed by atoms with van der Waals surface area (Å²) in [6.45, 7) is 4.80. The molecule has 3 rings (SSSR count). The fourth-order valence-electron chi connectivity index (χ4n) is 2.63. The monoisotopic (exact) mass is 335 g/mol. The molecule has 0 unspecified atom stereocenters. The molecule has 2 aliphatic heterocycles. The lowest BCUT2D eigenvalue weighted by Gasteiger charge is -2.34. The van der Waals surface area contributed by atoms with Crippen LogP contribution in [0.2, 0.25) is 0 Å². The number of nitrogens with zero attached hydrogens (tertiary/aromatic N) is 2. The Morgan fingerprint density at radius 1 is 1.12 bits per heavy atom. The average Bonchev–Trinajstić information content (AvgIpc) is 3.06. The van der Waals surface area contributed by atoms with E-state index in [0.29, 0.717) is 56.6 Å². The van der Waals surface area contributed by atoms with Crippen LogP contribution < -0.4 is 19.5 Å². The molecule has 1 aromatic carbocycles. The Labute approximate surface area is 140 Å². The van der Waals surface area contributed by atoms with E-state index in [1.54, 1.807) is 34.9 Å². The van der Waals surface area contributed by atoms with Crippen molar-refractivity contribution in [2.24, 2.45) is 0 Å². The lowest BCUT2D eigenvalue weighted by atomic mass is 10.3. The Morgan fingerprint density at radius 3 is 2.58 bits per heavy atom. The summed E-state index contributed by atoms with van der Waals surface area (Å²) < 4.78 is 16.1. The second-order valence-electron chi connectivity index (χ2n) is 5.59. The first kappa shape index (κ1) is 16.2. The smallest absolute Gasteiger partial charge is 0.317 e. The molecule has 0 aromatic heterocycles. The van der Waals surface area contributed by atoms with Crippen LogP contribution in [-0.2, 0) is 4.79 Å². The van der Waals surface area contributed by atoms with Gasteiger partial charge in [0.05, 0.1) is 6.54 Å².